The zero-order valence-corrected chi connectivity index (χ0v) is 14.9. The van der Waals surface area contributed by atoms with Crippen molar-refractivity contribution < 1.29 is 9.32 Å². The van der Waals surface area contributed by atoms with Crippen molar-refractivity contribution in [3.63, 3.8) is 0 Å². The summed E-state index contributed by atoms with van der Waals surface area (Å²) in [7, 11) is 0. The highest BCUT2D eigenvalue weighted by Crippen LogP contribution is 2.21. The summed E-state index contributed by atoms with van der Waals surface area (Å²) in [6.45, 7) is 5.98. The maximum Gasteiger partial charge on any atom is 0.235 e. The molecule has 0 aliphatic carbocycles. The van der Waals surface area contributed by atoms with Crippen LogP contribution in [0.1, 0.15) is 29.9 Å². The topological polar surface area (TPSA) is 71.3 Å². The average molecular weight is 346 g/mol. The average Bonchev–Trinajstić information content (AvgIpc) is 3.21. The molecule has 1 N–H and O–H groups in total. The summed E-state index contributed by atoms with van der Waals surface area (Å²) < 4.78 is 5.12. The predicted molar refractivity (Wildman–Crippen MR) is 96.5 cm³/mol. The van der Waals surface area contributed by atoms with Crippen LogP contribution in [0.5, 0.6) is 0 Å². The van der Waals surface area contributed by atoms with Gasteiger partial charge in [0, 0.05) is 24.4 Å². The molecule has 1 aliphatic rings. The minimum Gasteiger partial charge on any atom is -0.370 e. The van der Waals surface area contributed by atoms with Gasteiger partial charge in [-0.2, -0.15) is 0 Å². The van der Waals surface area contributed by atoms with Crippen LogP contribution in [0.2, 0.25) is 0 Å². The zero-order chi connectivity index (χ0) is 16.9. The molecule has 1 amide bonds. The van der Waals surface area contributed by atoms with E-state index in [1.807, 2.05) is 32.2 Å². The Balaban J connectivity index is 1.46. The van der Waals surface area contributed by atoms with E-state index in [0.29, 0.717) is 11.6 Å². The maximum absolute atomic E-state index is 12.0. The molecule has 3 rings (SSSR count). The van der Waals surface area contributed by atoms with Gasteiger partial charge in [-0.25, -0.2) is 4.98 Å². The smallest absolute Gasteiger partial charge is 0.235 e. The molecule has 0 radical (unpaired) electrons. The molecule has 24 heavy (non-hydrogen) atoms. The third-order valence-corrected chi connectivity index (χ3v) is 5.11. The molecule has 0 saturated carbocycles. The molecule has 1 fully saturated rings. The molecule has 0 atom stereocenters. The van der Waals surface area contributed by atoms with Crippen molar-refractivity contribution in [3.8, 4) is 0 Å². The quantitative estimate of drug-likeness (QED) is 0.866. The van der Waals surface area contributed by atoms with Crippen molar-refractivity contribution in [2.45, 2.75) is 32.4 Å². The lowest BCUT2D eigenvalue weighted by molar-refractivity contribution is -0.113. The van der Waals surface area contributed by atoms with E-state index in [1.165, 1.54) is 12.8 Å². The Morgan fingerprint density at radius 2 is 2.12 bits per heavy atom. The first-order chi connectivity index (χ1) is 11.6. The lowest BCUT2D eigenvalue weighted by Gasteiger charge is -2.17. The van der Waals surface area contributed by atoms with Gasteiger partial charge in [-0.15, -0.1) is 11.8 Å². The fraction of sp³-hybridized carbons (Fsp3) is 0.471. The van der Waals surface area contributed by atoms with Crippen molar-refractivity contribution in [1.29, 1.82) is 0 Å². The Morgan fingerprint density at radius 3 is 2.75 bits per heavy atom. The second-order valence-corrected chi connectivity index (χ2v) is 6.93. The normalized spacial score (nSPS) is 14.2. The lowest BCUT2D eigenvalue weighted by Crippen LogP contribution is -2.18. The van der Waals surface area contributed by atoms with Crippen molar-refractivity contribution in [3.05, 3.63) is 35.3 Å². The van der Waals surface area contributed by atoms with Crippen LogP contribution in [0.25, 0.3) is 0 Å². The van der Waals surface area contributed by atoms with E-state index >= 15 is 0 Å². The molecule has 128 valence electrons. The zero-order valence-electron chi connectivity index (χ0n) is 14.0. The van der Waals surface area contributed by atoms with Gasteiger partial charge in [0.2, 0.25) is 5.91 Å². The van der Waals surface area contributed by atoms with Gasteiger partial charge in [0.15, 0.2) is 0 Å². The third-order valence-electron chi connectivity index (χ3n) is 4.15. The molecular weight excluding hydrogens is 324 g/mol. The third kappa shape index (κ3) is 4.08. The fourth-order valence-electron chi connectivity index (χ4n) is 2.76. The molecular formula is C17H22N4O2S. The number of carbonyl (C=O) groups is 1. The Morgan fingerprint density at radius 1 is 1.33 bits per heavy atom. The minimum absolute atomic E-state index is 0.0480. The molecule has 1 aliphatic heterocycles. The van der Waals surface area contributed by atoms with Crippen LogP contribution in [0.3, 0.4) is 0 Å². The highest BCUT2D eigenvalue weighted by Gasteiger charge is 2.13. The second-order valence-electron chi connectivity index (χ2n) is 5.94. The van der Waals surface area contributed by atoms with Crippen LogP contribution in [-0.2, 0) is 10.5 Å². The van der Waals surface area contributed by atoms with Gasteiger partial charge in [0.25, 0.3) is 0 Å². The fourth-order valence-corrected chi connectivity index (χ4v) is 3.73. The first kappa shape index (κ1) is 16.8. The Hall–Kier alpha value is -2.02. The molecule has 2 aromatic rings. The monoisotopic (exact) mass is 346 g/mol. The van der Waals surface area contributed by atoms with Crippen LogP contribution in [0, 0.1) is 13.8 Å². The van der Waals surface area contributed by atoms with Gasteiger partial charge >= 0.3 is 0 Å². The first-order valence-corrected chi connectivity index (χ1v) is 9.29. The van der Waals surface area contributed by atoms with E-state index < -0.39 is 0 Å². The Labute approximate surface area is 146 Å². The number of hydrogen-bond acceptors (Lipinski definition) is 6. The number of carbonyl (C=O) groups excluding carboxylic acids is 1. The van der Waals surface area contributed by atoms with Gasteiger partial charge < -0.3 is 14.7 Å². The van der Waals surface area contributed by atoms with Crippen LogP contribution in [0.15, 0.2) is 22.9 Å². The molecule has 1 saturated heterocycles. The number of anilines is 2. The summed E-state index contributed by atoms with van der Waals surface area (Å²) in [6.07, 6.45) is 4.31. The van der Waals surface area contributed by atoms with Gasteiger partial charge in [-0.05, 0) is 38.8 Å². The number of amides is 1. The van der Waals surface area contributed by atoms with E-state index in [9.17, 15) is 4.79 Å². The molecule has 7 heteroatoms. The largest absolute Gasteiger partial charge is 0.370 e. The van der Waals surface area contributed by atoms with Crippen molar-refractivity contribution in [1.82, 2.24) is 10.1 Å². The SMILES string of the molecule is Cc1noc(C)c1CSCC(=O)Nc1ccc(N2CCCC2)cn1. The van der Waals surface area contributed by atoms with E-state index in [4.69, 9.17) is 4.52 Å². The van der Waals surface area contributed by atoms with E-state index in [2.05, 4.69) is 20.4 Å². The number of aryl methyl sites for hydroxylation is 2. The summed E-state index contributed by atoms with van der Waals surface area (Å²) in [5, 5.41) is 6.76. The van der Waals surface area contributed by atoms with E-state index in [1.54, 1.807) is 11.8 Å². The molecule has 2 aromatic heterocycles. The predicted octanol–water partition coefficient (Wildman–Crippen LogP) is 3.16. The Bertz CT molecular complexity index is 674. The molecule has 0 unspecified atom stereocenters. The minimum atomic E-state index is -0.0480. The molecule has 3 heterocycles. The maximum atomic E-state index is 12.0. The van der Waals surface area contributed by atoms with Gasteiger partial charge in [0.05, 0.1) is 23.3 Å². The summed E-state index contributed by atoms with van der Waals surface area (Å²) in [5.74, 6) is 2.46. The van der Waals surface area contributed by atoms with Crippen LogP contribution in [0.4, 0.5) is 11.5 Å². The number of nitrogens with zero attached hydrogens (tertiary/aromatic N) is 3. The summed E-state index contributed by atoms with van der Waals surface area (Å²) in [4.78, 5) is 18.7. The summed E-state index contributed by atoms with van der Waals surface area (Å²) in [5.41, 5.74) is 3.08. The molecule has 0 spiro atoms. The van der Waals surface area contributed by atoms with Gasteiger partial charge in [-0.3, -0.25) is 4.79 Å². The van der Waals surface area contributed by atoms with Crippen LogP contribution < -0.4 is 10.2 Å². The molecule has 0 aromatic carbocycles. The van der Waals surface area contributed by atoms with Crippen LogP contribution in [-0.4, -0.2) is 34.9 Å². The van der Waals surface area contributed by atoms with Gasteiger partial charge in [-0.1, -0.05) is 5.16 Å². The van der Waals surface area contributed by atoms with Crippen LogP contribution >= 0.6 is 11.8 Å². The van der Waals surface area contributed by atoms with Crippen molar-refractivity contribution in [2.75, 3.05) is 29.1 Å². The number of nitrogens with one attached hydrogen (secondary N) is 1. The summed E-state index contributed by atoms with van der Waals surface area (Å²) >= 11 is 1.54. The number of aromatic nitrogens is 2. The highest BCUT2D eigenvalue weighted by atomic mass is 32.2. The Kier molecular flexibility index (Phi) is 5.40. The number of rotatable bonds is 6. The van der Waals surface area contributed by atoms with Crippen molar-refractivity contribution >= 4 is 29.2 Å². The van der Waals surface area contributed by atoms with E-state index in [-0.39, 0.29) is 5.91 Å². The van der Waals surface area contributed by atoms with Gasteiger partial charge in [0.1, 0.15) is 11.6 Å². The highest BCUT2D eigenvalue weighted by molar-refractivity contribution is 7.99. The number of thioether (sulfide) groups is 1. The van der Waals surface area contributed by atoms with E-state index in [0.717, 1.165) is 41.5 Å². The molecule has 0 bridgehead atoms. The number of hydrogen-bond donors (Lipinski definition) is 1. The lowest BCUT2D eigenvalue weighted by atomic mass is 10.2. The first-order valence-electron chi connectivity index (χ1n) is 8.14. The second kappa shape index (κ2) is 7.70. The standard InChI is InChI=1S/C17H22N4O2S/c1-12-15(13(2)23-20-12)10-24-11-17(22)19-16-6-5-14(9-18-16)21-7-3-4-8-21/h5-6,9H,3-4,7-8,10-11H2,1-2H3,(H,18,19,22). The summed E-state index contributed by atoms with van der Waals surface area (Å²) in [6, 6.07) is 3.88. The van der Waals surface area contributed by atoms with Crippen molar-refractivity contribution in [2.24, 2.45) is 0 Å². The molecule has 6 nitrogen and oxygen atoms in total. The number of pyridine rings is 1.